The van der Waals surface area contributed by atoms with Gasteiger partial charge in [-0.2, -0.15) is 5.10 Å². The van der Waals surface area contributed by atoms with Crippen LogP contribution in [0.5, 0.6) is 5.75 Å². The maximum absolute atomic E-state index is 12.6. The predicted octanol–water partition coefficient (Wildman–Crippen LogP) is 3.50. The van der Waals surface area contributed by atoms with Gasteiger partial charge in [0.15, 0.2) is 0 Å². The summed E-state index contributed by atoms with van der Waals surface area (Å²) in [5, 5.41) is 6.64. The number of piperidine rings is 1. The lowest BCUT2D eigenvalue weighted by atomic mass is 9.93. The van der Waals surface area contributed by atoms with Crippen LogP contribution in [0.4, 0.5) is 0 Å². The van der Waals surface area contributed by atoms with Gasteiger partial charge in [-0.25, -0.2) is 0 Å². The number of H-pyrrole nitrogens is 1. The van der Waals surface area contributed by atoms with E-state index in [9.17, 15) is 4.79 Å². The summed E-state index contributed by atoms with van der Waals surface area (Å²) >= 11 is 0. The Labute approximate surface area is 158 Å². The number of hydrogen-bond acceptors (Lipinski definition) is 4. The maximum atomic E-state index is 12.6. The van der Waals surface area contributed by atoms with E-state index in [-0.39, 0.29) is 11.8 Å². The highest BCUT2D eigenvalue weighted by molar-refractivity contribution is 5.92. The van der Waals surface area contributed by atoms with Gasteiger partial charge in [0, 0.05) is 36.5 Å². The molecule has 1 saturated heterocycles. The number of carbonyl (C=O) groups is 1. The van der Waals surface area contributed by atoms with Crippen LogP contribution in [0, 0.1) is 0 Å². The van der Waals surface area contributed by atoms with Crippen molar-refractivity contribution in [1.29, 1.82) is 0 Å². The molecule has 2 aromatic heterocycles. The molecule has 1 amide bonds. The summed E-state index contributed by atoms with van der Waals surface area (Å²) < 4.78 is 5.47. The smallest absolute Gasteiger partial charge is 0.271 e. The van der Waals surface area contributed by atoms with Gasteiger partial charge in [0.1, 0.15) is 11.4 Å². The molecule has 1 aliphatic rings. The fourth-order valence-electron chi connectivity index (χ4n) is 3.63. The largest absolute Gasteiger partial charge is 0.496 e. The van der Waals surface area contributed by atoms with Crippen LogP contribution < -0.4 is 4.74 Å². The van der Waals surface area contributed by atoms with Crippen molar-refractivity contribution in [2.75, 3.05) is 20.2 Å². The fraction of sp³-hybridized carbons (Fsp3) is 0.286. The first kappa shape index (κ1) is 17.3. The Morgan fingerprint density at radius 1 is 1.19 bits per heavy atom. The second-order valence-corrected chi connectivity index (χ2v) is 6.71. The minimum Gasteiger partial charge on any atom is -0.496 e. The summed E-state index contributed by atoms with van der Waals surface area (Å²) in [6, 6.07) is 15.7. The van der Waals surface area contributed by atoms with Gasteiger partial charge in [-0.3, -0.25) is 14.9 Å². The third-order valence-electron chi connectivity index (χ3n) is 5.01. The number of nitrogens with one attached hydrogen (secondary N) is 1. The third-order valence-corrected chi connectivity index (χ3v) is 5.01. The molecule has 4 rings (SSSR count). The summed E-state index contributed by atoms with van der Waals surface area (Å²) in [4.78, 5) is 19.4. The molecule has 1 N–H and O–H groups in total. The SMILES string of the molecule is COc1ccccc1-c1cccc(C2CCCN(C(=O)c3ccn[nH]3)C2)n1. The molecule has 1 fully saturated rings. The molecule has 6 heteroatoms. The van der Waals surface area contributed by atoms with Gasteiger partial charge in [-0.1, -0.05) is 18.2 Å². The summed E-state index contributed by atoms with van der Waals surface area (Å²) in [7, 11) is 1.67. The zero-order valence-corrected chi connectivity index (χ0v) is 15.3. The number of aromatic amines is 1. The average Bonchev–Trinajstić information content (AvgIpc) is 3.28. The van der Waals surface area contributed by atoms with Crippen LogP contribution in [0.15, 0.2) is 54.7 Å². The van der Waals surface area contributed by atoms with Crippen LogP contribution >= 0.6 is 0 Å². The van der Waals surface area contributed by atoms with Gasteiger partial charge < -0.3 is 9.64 Å². The van der Waals surface area contributed by atoms with Crippen molar-refractivity contribution < 1.29 is 9.53 Å². The molecule has 0 aliphatic carbocycles. The molecule has 0 saturated carbocycles. The Morgan fingerprint density at radius 2 is 2.07 bits per heavy atom. The van der Waals surface area contributed by atoms with Crippen LogP contribution in [0.1, 0.15) is 34.9 Å². The van der Waals surface area contributed by atoms with Gasteiger partial charge in [-0.05, 0) is 43.2 Å². The molecule has 1 atom stereocenters. The number of pyridine rings is 1. The Kier molecular flexibility index (Phi) is 4.87. The molecule has 1 unspecified atom stereocenters. The molecule has 0 radical (unpaired) electrons. The standard InChI is InChI=1S/C21H22N4O2/c1-27-20-10-3-2-7-16(20)18-9-4-8-17(23-18)15-6-5-13-25(14-15)21(26)19-11-12-22-24-19/h2-4,7-12,15H,5-6,13-14H2,1H3,(H,22,24). The Balaban J connectivity index is 1.57. The van der Waals surface area contributed by atoms with Crippen molar-refractivity contribution in [3.63, 3.8) is 0 Å². The molecular weight excluding hydrogens is 340 g/mol. The zero-order chi connectivity index (χ0) is 18.6. The molecule has 0 bridgehead atoms. The highest BCUT2D eigenvalue weighted by atomic mass is 16.5. The summed E-state index contributed by atoms with van der Waals surface area (Å²) in [5.74, 6) is 1.03. The minimum absolute atomic E-state index is 0.00177. The third kappa shape index (κ3) is 3.56. The van der Waals surface area contributed by atoms with Crippen molar-refractivity contribution in [3.8, 4) is 17.0 Å². The molecule has 138 valence electrons. The number of amides is 1. The lowest BCUT2D eigenvalue weighted by molar-refractivity contribution is 0.0700. The number of aromatic nitrogens is 3. The number of para-hydroxylation sites is 1. The molecule has 1 aliphatic heterocycles. The van der Waals surface area contributed by atoms with Gasteiger partial charge in [0.2, 0.25) is 0 Å². The van der Waals surface area contributed by atoms with Gasteiger partial charge in [-0.15, -0.1) is 0 Å². The second-order valence-electron chi connectivity index (χ2n) is 6.71. The summed E-state index contributed by atoms with van der Waals surface area (Å²) in [6.07, 6.45) is 3.59. The Bertz CT molecular complexity index is 923. The minimum atomic E-state index is -0.00177. The monoisotopic (exact) mass is 362 g/mol. The highest BCUT2D eigenvalue weighted by Gasteiger charge is 2.27. The molecule has 27 heavy (non-hydrogen) atoms. The second kappa shape index (κ2) is 7.61. The van der Waals surface area contributed by atoms with E-state index in [0.717, 1.165) is 42.1 Å². The van der Waals surface area contributed by atoms with Gasteiger partial charge in [0.05, 0.1) is 12.8 Å². The number of likely N-dealkylation sites (tertiary alicyclic amines) is 1. The van der Waals surface area contributed by atoms with Gasteiger partial charge >= 0.3 is 0 Å². The quantitative estimate of drug-likeness (QED) is 0.771. The predicted molar refractivity (Wildman–Crippen MR) is 103 cm³/mol. The summed E-state index contributed by atoms with van der Waals surface area (Å²) in [5.41, 5.74) is 3.41. The van der Waals surface area contributed by atoms with Gasteiger partial charge in [0.25, 0.3) is 5.91 Å². The van der Waals surface area contributed by atoms with Crippen LogP contribution in [0.3, 0.4) is 0 Å². The number of benzene rings is 1. The van der Waals surface area contributed by atoms with E-state index in [1.165, 1.54) is 0 Å². The van der Waals surface area contributed by atoms with E-state index in [2.05, 4.69) is 10.2 Å². The van der Waals surface area contributed by atoms with E-state index in [4.69, 9.17) is 9.72 Å². The normalized spacial score (nSPS) is 16.9. The zero-order valence-electron chi connectivity index (χ0n) is 15.3. The average molecular weight is 362 g/mol. The fourth-order valence-corrected chi connectivity index (χ4v) is 3.63. The van der Waals surface area contributed by atoms with E-state index in [1.807, 2.05) is 47.4 Å². The first-order valence-corrected chi connectivity index (χ1v) is 9.15. The van der Waals surface area contributed by atoms with E-state index < -0.39 is 0 Å². The van der Waals surface area contributed by atoms with Crippen molar-refractivity contribution in [2.45, 2.75) is 18.8 Å². The molecule has 1 aromatic carbocycles. The van der Waals surface area contributed by atoms with E-state index in [1.54, 1.807) is 19.4 Å². The van der Waals surface area contributed by atoms with Crippen molar-refractivity contribution >= 4 is 5.91 Å². The molecular formula is C21H22N4O2. The molecule has 3 aromatic rings. The first-order valence-electron chi connectivity index (χ1n) is 9.15. The number of methoxy groups -OCH3 is 1. The topological polar surface area (TPSA) is 71.1 Å². The Morgan fingerprint density at radius 3 is 2.89 bits per heavy atom. The van der Waals surface area contributed by atoms with Crippen LogP contribution in [-0.2, 0) is 0 Å². The molecule has 6 nitrogen and oxygen atoms in total. The van der Waals surface area contributed by atoms with Crippen molar-refractivity contribution in [3.05, 3.63) is 66.1 Å². The number of carbonyl (C=O) groups excluding carboxylic acids is 1. The number of ether oxygens (including phenoxy) is 1. The highest BCUT2D eigenvalue weighted by Crippen LogP contribution is 2.31. The van der Waals surface area contributed by atoms with Crippen LogP contribution in [0.2, 0.25) is 0 Å². The molecule has 3 heterocycles. The van der Waals surface area contributed by atoms with Crippen molar-refractivity contribution in [1.82, 2.24) is 20.1 Å². The van der Waals surface area contributed by atoms with Crippen LogP contribution in [-0.4, -0.2) is 46.2 Å². The lowest BCUT2D eigenvalue weighted by Gasteiger charge is -2.32. The summed E-state index contributed by atoms with van der Waals surface area (Å²) in [6.45, 7) is 1.43. The van der Waals surface area contributed by atoms with Crippen LogP contribution in [0.25, 0.3) is 11.3 Å². The maximum Gasteiger partial charge on any atom is 0.271 e. The lowest BCUT2D eigenvalue weighted by Crippen LogP contribution is -2.39. The van der Waals surface area contributed by atoms with Crippen molar-refractivity contribution in [2.24, 2.45) is 0 Å². The number of rotatable bonds is 4. The van der Waals surface area contributed by atoms with E-state index in [0.29, 0.717) is 12.2 Å². The molecule has 0 spiro atoms. The van der Waals surface area contributed by atoms with E-state index >= 15 is 0 Å². The Hall–Kier alpha value is -3.15. The number of nitrogens with zero attached hydrogens (tertiary/aromatic N) is 3. The number of hydrogen-bond donors (Lipinski definition) is 1. The first-order chi connectivity index (χ1) is 13.3.